The van der Waals surface area contributed by atoms with Gasteiger partial charge in [-0.05, 0) is 37.6 Å². The third-order valence-corrected chi connectivity index (χ3v) is 4.32. The summed E-state index contributed by atoms with van der Waals surface area (Å²) in [6, 6.07) is 11.5. The van der Waals surface area contributed by atoms with Crippen molar-refractivity contribution in [1.29, 1.82) is 0 Å². The van der Waals surface area contributed by atoms with Crippen LogP contribution in [0.5, 0.6) is 0 Å². The molecule has 25 heavy (non-hydrogen) atoms. The number of aryl methyl sites for hydroxylation is 2. The summed E-state index contributed by atoms with van der Waals surface area (Å²) in [4.78, 5) is 21.0. The average Bonchev–Trinajstić information content (AvgIpc) is 3.07. The van der Waals surface area contributed by atoms with Gasteiger partial charge in [-0.25, -0.2) is 9.97 Å². The second-order valence-corrected chi connectivity index (χ2v) is 6.57. The Balaban J connectivity index is 1.63. The number of aromatic nitrogens is 4. The van der Waals surface area contributed by atoms with E-state index >= 15 is 0 Å². The summed E-state index contributed by atoms with van der Waals surface area (Å²) in [6.07, 6.45) is 3.63. The molecule has 2 heterocycles. The molecule has 7 heteroatoms. The molecule has 0 fully saturated rings. The van der Waals surface area contributed by atoms with E-state index in [-0.39, 0.29) is 11.7 Å². The Labute approximate surface area is 150 Å². The Morgan fingerprint density at radius 2 is 1.92 bits per heavy atom. The number of hydrogen-bond acceptors (Lipinski definition) is 5. The summed E-state index contributed by atoms with van der Waals surface area (Å²) in [7, 11) is 0. The first-order valence-corrected chi connectivity index (χ1v) is 8.89. The average molecular weight is 353 g/mol. The predicted molar refractivity (Wildman–Crippen MR) is 98.6 cm³/mol. The van der Waals surface area contributed by atoms with Crippen molar-refractivity contribution in [3.63, 3.8) is 0 Å². The van der Waals surface area contributed by atoms with Gasteiger partial charge < -0.3 is 5.32 Å². The predicted octanol–water partition coefficient (Wildman–Crippen LogP) is 3.07. The van der Waals surface area contributed by atoms with Crippen LogP contribution in [0.15, 0.2) is 53.9 Å². The maximum Gasteiger partial charge on any atom is 0.234 e. The normalized spacial score (nSPS) is 10.6. The molecule has 6 nitrogen and oxygen atoms in total. The van der Waals surface area contributed by atoms with E-state index in [0.717, 1.165) is 22.6 Å². The molecule has 0 aliphatic heterocycles. The van der Waals surface area contributed by atoms with Crippen LogP contribution in [0.1, 0.15) is 17.0 Å². The molecule has 0 spiro atoms. The van der Waals surface area contributed by atoms with Crippen LogP contribution in [0.4, 0.5) is 5.69 Å². The Kier molecular flexibility index (Phi) is 5.45. The lowest BCUT2D eigenvalue weighted by atomic mass is 10.2. The smallest absolute Gasteiger partial charge is 0.234 e. The molecule has 2 aromatic heterocycles. The third kappa shape index (κ3) is 4.90. The van der Waals surface area contributed by atoms with Crippen molar-refractivity contribution in [3.05, 3.63) is 65.7 Å². The molecular formula is C18H19N5OS. The third-order valence-electron chi connectivity index (χ3n) is 3.48. The topological polar surface area (TPSA) is 72.7 Å². The first-order valence-electron chi connectivity index (χ1n) is 7.90. The Hall–Kier alpha value is -2.67. The monoisotopic (exact) mass is 353 g/mol. The van der Waals surface area contributed by atoms with Crippen LogP contribution in [0.25, 0.3) is 0 Å². The van der Waals surface area contributed by atoms with Crippen LogP contribution in [0.2, 0.25) is 0 Å². The summed E-state index contributed by atoms with van der Waals surface area (Å²) >= 11 is 1.34. The van der Waals surface area contributed by atoms with Crippen LogP contribution in [0.3, 0.4) is 0 Å². The molecular weight excluding hydrogens is 334 g/mol. The highest BCUT2D eigenvalue weighted by atomic mass is 32.2. The number of nitrogens with zero attached hydrogens (tertiary/aromatic N) is 4. The lowest BCUT2D eigenvalue weighted by Crippen LogP contribution is -2.16. The molecule has 128 valence electrons. The number of benzene rings is 1. The zero-order valence-corrected chi connectivity index (χ0v) is 15.0. The summed E-state index contributed by atoms with van der Waals surface area (Å²) in [5, 5.41) is 7.80. The van der Waals surface area contributed by atoms with Gasteiger partial charge in [-0.15, -0.1) is 0 Å². The first kappa shape index (κ1) is 17.2. The van der Waals surface area contributed by atoms with Crippen molar-refractivity contribution in [2.45, 2.75) is 25.5 Å². The molecule has 0 aliphatic carbocycles. The maximum absolute atomic E-state index is 12.3. The highest BCUT2D eigenvalue weighted by Crippen LogP contribution is 2.18. The molecule has 0 radical (unpaired) electrons. The van der Waals surface area contributed by atoms with Crippen LogP contribution < -0.4 is 5.32 Å². The molecule has 3 rings (SSSR count). The second kappa shape index (κ2) is 7.94. The molecule has 0 bridgehead atoms. The Bertz CT molecular complexity index is 843. The van der Waals surface area contributed by atoms with Gasteiger partial charge in [-0.3, -0.25) is 9.48 Å². The zero-order valence-electron chi connectivity index (χ0n) is 14.1. The summed E-state index contributed by atoms with van der Waals surface area (Å²) in [6.45, 7) is 4.45. The molecule has 1 amide bonds. The van der Waals surface area contributed by atoms with Crippen molar-refractivity contribution in [2.24, 2.45) is 0 Å². The van der Waals surface area contributed by atoms with E-state index in [1.54, 1.807) is 6.20 Å². The van der Waals surface area contributed by atoms with Gasteiger partial charge in [0.05, 0.1) is 12.3 Å². The molecule has 0 unspecified atom stereocenters. The minimum atomic E-state index is -0.0827. The van der Waals surface area contributed by atoms with Crippen molar-refractivity contribution >= 4 is 23.4 Å². The van der Waals surface area contributed by atoms with Crippen LogP contribution in [-0.4, -0.2) is 31.4 Å². The number of nitrogens with one attached hydrogen (secondary N) is 1. The number of carbonyl (C=O) groups excluding carboxylic acids is 1. The molecule has 1 aromatic carbocycles. The maximum atomic E-state index is 12.3. The highest BCUT2D eigenvalue weighted by Gasteiger charge is 2.09. The van der Waals surface area contributed by atoms with Crippen molar-refractivity contribution in [3.8, 4) is 0 Å². The number of para-hydroxylation sites is 1. The van der Waals surface area contributed by atoms with Gasteiger partial charge in [0.2, 0.25) is 5.91 Å². The van der Waals surface area contributed by atoms with Gasteiger partial charge in [0.15, 0.2) is 5.16 Å². The van der Waals surface area contributed by atoms with Gasteiger partial charge in [0.25, 0.3) is 0 Å². The van der Waals surface area contributed by atoms with E-state index in [1.165, 1.54) is 11.8 Å². The molecule has 1 N–H and O–H groups in total. The van der Waals surface area contributed by atoms with Crippen molar-refractivity contribution in [2.75, 3.05) is 11.1 Å². The summed E-state index contributed by atoms with van der Waals surface area (Å²) in [5.41, 5.74) is 3.61. The van der Waals surface area contributed by atoms with Crippen LogP contribution >= 0.6 is 11.8 Å². The Morgan fingerprint density at radius 1 is 1.16 bits per heavy atom. The largest absolute Gasteiger partial charge is 0.325 e. The fourth-order valence-electron chi connectivity index (χ4n) is 2.42. The lowest BCUT2D eigenvalue weighted by molar-refractivity contribution is -0.113. The Morgan fingerprint density at radius 3 is 2.64 bits per heavy atom. The van der Waals surface area contributed by atoms with Crippen molar-refractivity contribution < 1.29 is 4.79 Å². The number of carbonyl (C=O) groups is 1. The van der Waals surface area contributed by atoms with Gasteiger partial charge in [0, 0.05) is 29.5 Å². The van der Waals surface area contributed by atoms with Gasteiger partial charge in [0.1, 0.15) is 0 Å². The number of hydrogen-bond donors (Lipinski definition) is 1. The van der Waals surface area contributed by atoms with E-state index in [1.807, 2.05) is 61.1 Å². The van der Waals surface area contributed by atoms with Gasteiger partial charge in [-0.2, -0.15) is 5.10 Å². The quantitative estimate of drug-likeness (QED) is 0.545. The fraction of sp³-hybridized carbons (Fsp3) is 0.222. The second-order valence-electron chi connectivity index (χ2n) is 5.63. The van der Waals surface area contributed by atoms with Gasteiger partial charge >= 0.3 is 0 Å². The van der Waals surface area contributed by atoms with Crippen molar-refractivity contribution in [1.82, 2.24) is 19.7 Å². The number of anilines is 1. The molecule has 0 aliphatic rings. The molecule has 0 atom stereocenters. The minimum Gasteiger partial charge on any atom is -0.325 e. The van der Waals surface area contributed by atoms with E-state index in [2.05, 4.69) is 20.4 Å². The van der Waals surface area contributed by atoms with Crippen LogP contribution in [-0.2, 0) is 11.3 Å². The number of rotatable bonds is 6. The minimum absolute atomic E-state index is 0.0827. The fourth-order valence-corrected chi connectivity index (χ4v) is 3.17. The lowest BCUT2D eigenvalue weighted by Gasteiger charge is -2.11. The molecule has 3 aromatic rings. The van der Waals surface area contributed by atoms with E-state index < -0.39 is 0 Å². The number of thioether (sulfide) groups is 1. The summed E-state index contributed by atoms with van der Waals surface area (Å²) in [5.74, 6) is 0.180. The molecule has 0 saturated heterocycles. The van der Waals surface area contributed by atoms with Gasteiger partial charge in [-0.1, -0.05) is 30.0 Å². The zero-order chi connectivity index (χ0) is 17.6. The first-order chi connectivity index (χ1) is 12.1. The van der Waals surface area contributed by atoms with E-state index in [4.69, 9.17) is 0 Å². The van der Waals surface area contributed by atoms with E-state index in [9.17, 15) is 4.79 Å². The standard InChI is InChI=1S/C18H19N5OS/c1-13-10-14(2)21-18(20-13)25-12-17(24)22-16-7-4-3-6-15(16)11-23-9-5-8-19-23/h3-10H,11-12H2,1-2H3,(H,22,24). The number of amides is 1. The van der Waals surface area contributed by atoms with Crippen LogP contribution in [0, 0.1) is 13.8 Å². The highest BCUT2D eigenvalue weighted by molar-refractivity contribution is 7.99. The summed E-state index contributed by atoms with van der Waals surface area (Å²) < 4.78 is 1.82. The SMILES string of the molecule is Cc1cc(C)nc(SCC(=O)Nc2ccccc2Cn2cccn2)n1. The molecule has 0 saturated carbocycles. The van der Waals surface area contributed by atoms with E-state index in [0.29, 0.717) is 11.7 Å².